The Kier molecular flexibility index (Phi) is 6.28. The number of anilines is 1. The quantitative estimate of drug-likeness (QED) is 0.513. The first kappa shape index (κ1) is 21.2. The molecular formula is C25H29N5OS. The third-order valence-corrected chi connectivity index (χ3v) is 7.29. The molecule has 166 valence electrons. The van der Waals surface area contributed by atoms with Crippen molar-refractivity contribution >= 4 is 23.4 Å². The summed E-state index contributed by atoms with van der Waals surface area (Å²) in [4.78, 5) is 17.6. The van der Waals surface area contributed by atoms with Crippen LogP contribution in [0.5, 0.6) is 0 Å². The average molecular weight is 448 g/mol. The SMILES string of the molecule is CC1Cc2ccccc2N1C(=O)CSc1nnc(CN2CCCC2)n1Cc1ccccc1. The normalized spacial score (nSPS) is 18.3. The van der Waals surface area contributed by atoms with Crippen molar-refractivity contribution in [2.24, 2.45) is 0 Å². The lowest BCUT2D eigenvalue weighted by Gasteiger charge is -2.22. The fourth-order valence-electron chi connectivity index (χ4n) is 4.75. The summed E-state index contributed by atoms with van der Waals surface area (Å²) in [5, 5.41) is 9.84. The molecule has 1 unspecified atom stereocenters. The second-order valence-corrected chi connectivity index (χ2v) is 9.63. The smallest absolute Gasteiger partial charge is 0.237 e. The molecule has 0 saturated carbocycles. The van der Waals surface area contributed by atoms with Gasteiger partial charge >= 0.3 is 0 Å². The van der Waals surface area contributed by atoms with E-state index in [0.717, 1.165) is 49.3 Å². The van der Waals surface area contributed by atoms with Crippen LogP contribution in [-0.2, 0) is 24.3 Å². The first-order valence-corrected chi connectivity index (χ1v) is 12.4. The molecule has 5 rings (SSSR count). The van der Waals surface area contributed by atoms with E-state index in [2.05, 4.69) is 56.9 Å². The summed E-state index contributed by atoms with van der Waals surface area (Å²) in [5.41, 5.74) is 3.51. The van der Waals surface area contributed by atoms with Crippen LogP contribution >= 0.6 is 11.8 Å². The standard InChI is InChI=1S/C25H29N5OS/c1-19-15-21-11-5-6-12-22(21)30(19)24(31)18-32-25-27-26-23(17-28-13-7-8-14-28)29(25)16-20-9-3-2-4-10-20/h2-6,9-12,19H,7-8,13-18H2,1H3. The van der Waals surface area contributed by atoms with Crippen LogP contribution < -0.4 is 4.90 Å². The van der Waals surface area contributed by atoms with Gasteiger partial charge in [0.2, 0.25) is 5.91 Å². The number of benzene rings is 2. The molecule has 7 heteroatoms. The number of rotatable bonds is 7. The highest BCUT2D eigenvalue weighted by Gasteiger charge is 2.30. The van der Waals surface area contributed by atoms with Gasteiger partial charge in [0.1, 0.15) is 5.82 Å². The molecule has 1 amide bonds. The Hall–Kier alpha value is -2.64. The Morgan fingerprint density at radius 1 is 1.00 bits per heavy atom. The van der Waals surface area contributed by atoms with Gasteiger partial charge in [0.05, 0.1) is 18.8 Å². The fourth-order valence-corrected chi connectivity index (χ4v) is 5.57. The van der Waals surface area contributed by atoms with Crippen molar-refractivity contribution in [2.45, 2.75) is 50.5 Å². The minimum absolute atomic E-state index is 0.128. The number of likely N-dealkylation sites (tertiary alicyclic amines) is 1. The molecule has 1 atom stereocenters. The minimum Gasteiger partial charge on any atom is -0.308 e. The predicted octanol–water partition coefficient (Wildman–Crippen LogP) is 3.99. The van der Waals surface area contributed by atoms with Gasteiger partial charge in [0.15, 0.2) is 5.16 Å². The first-order chi connectivity index (χ1) is 15.7. The van der Waals surface area contributed by atoms with Crippen molar-refractivity contribution in [3.8, 4) is 0 Å². The van der Waals surface area contributed by atoms with E-state index in [1.165, 1.54) is 35.7 Å². The van der Waals surface area contributed by atoms with Crippen LogP contribution in [0.15, 0.2) is 59.8 Å². The zero-order valence-corrected chi connectivity index (χ0v) is 19.3. The number of aromatic nitrogens is 3. The number of fused-ring (bicyclic) bond motifs is 1. The third-order valence-electron chi connectivity index (χ3n) is 6.34. The number of carbonyl (C=O) groups excluding carboxylic acids is 1. The van der Waals surface area contributed by atoms with Crippen LogP contribution in [0.4, 0.5) is 5.69 Å². The number of nitrogens with zero attached hydrogens (tertiary/aromatic N) is 5. The molecule has 0 spiro atoms. The Balaban J connectivity index is 1.33. The summed E-state index contributed by atoms with van der Waals surface area (Å²) >= 11 is 1.50. The average Bonchev–Trinajstić information content (AvgIpc) is 3.53. The topological polar surface area (TPSA) is 54.3 Å². The number of thioether (sulfide) groups is 1. The van der Waals surface area contributed by atoms with E-state index in [1.54, 1.807) is 0 Å². The van der Waals surface area contributed by atoms with Crippen molar-refractivity contribution in [1.29, 1.82) is 0 Å². The Morgan fingerprint density at radius 3 is 2.56 bits per heavy atom. The van der Waals surface area contributed by atoms with Crippen LogP contribution in [0.3, 0.4) is 0 Å². The Bertz CT molecular complexity index is 1080. The Morgan fingerprint density at radius 2 is 1.75 bits per heavy atom. The lowest BCUT2D eigenvalue weighted by atomic mass is 10.1. The highest BCUT2D eigenvalue weighted by Crippen LogP contribution is 2.33. The molecule has 0 radical (unpaired) electrons. The van der Waals surface area contributed by atoms with Crippen molar-refractivity contribution in [3.05, 3.63) is 71.5 Å². The van der Waals surface area contributed by atoms with E-state index in [9.17, 15) is 4.79 Å². The summed E-state index contributed by atoms with van der Waals surface area (Å²) in [6, 6.07) is 18.8. The van der Waals surface area contributed by atoms with Crippen molar-refractivity contribution in [2.75, 3.05) is 23.7 Å². The van der Waals surface area contributed by atoms with E-state index in [-0.39, 0.29) is 11.9 Å². The summed E-state index contributed by atoms with van der Waals surface area (Å²) in [7, 11) is 0. The zero-order chi connectivity index (χ0) is 21.9. The summed E-state index contributed by atoms with van der Waals surface area (Å²) < 4.78 is 2.19. The van der Waals surface area contributed by atoms with E-state index >= 15 is 0 Å². The monoisotopic (exact) mass is 447 g/mol. The van der Waals surface area contributed by atoms with Gasteiger partial charge in [-0.05, 0) is 56.5 Å². The molecule has 3 aromatic rings. The summed E-state index contributed by atoms with van der Waals surface area (Å²) in [5.74, 6) is 1.46. The van der Waals surface area contributed by atoms with Crippen molar-refractivity contribution in [1.82, 2.24) is 19.7 Å². The summed E-state index contributed by atoms with van der Waals surface area (Å²) in [6.45, 7) is 5.88. The molecule has 2 aliphatic rings. The van der Waals surface area contributed by atoms with Gasteiger partial charge in [-0.15, -0.1) is 10.2 Å². The molecule has 1 fully saturated rings. The van der Waals surface area contributed by atoms with Gasteiger partial charge in [-0.1, -0.05) is 60.3 Å². The maximum atomic E-state index is 13.2. The molecule has 0 aliphatic carbocycles. The minimum atomic E-state index is 0.128. The molecule has 0 bridgehead atoms. The second-order valence-electron chi connectivity index (χ2n) is 8.69. The van der Waals surface area contributed by atoms with Gasteiger partial charge in [-0.3, -0.25) is 9.69 Å². The number of carbonyl (C=O) groups is 1. The highest BCUT2D eigenvalue weighted by atomic mass is 32.2. The van der Waals surface area contributed by atoms with Crippen molar-refractivity contribution < 1.29 is 4.79 Å². The molecule has 6 nitrogen and oxygen atoms in total. The fraction of sp³-hybridized carbons (Fsp3) is 0.400. The number of amides is 1. The molecule has 1 saturated heterocycles. The number of para-hydroxylation sites is 1. The molecule has 32 heavy (non-hydrogen) atoms. The zero-order valence-electron chi connectivity index (χ0n) is 18.5. The van der Waals surface area contributed by atoms with Gasteiger partial charge in [-0.2, -0.15) is 0 Å². The third kappa shape index (κ3) is 4.45. The van der Waals surface area contributed by atoms with Gasteiger partial charge in [-0.25, -0.2) is 0 Å². The maximum absolute atomic E-state index is 13.2. The van der Waals surface area contributed by atoms with Crippen LogP contribution in [0, 0.1) is 0 Å². The maximum Gasteiger partial charge on any atom is 0.237 e. The van der Waals surface area contributed by atoms with Crippen LogP contribution in [-0.4, -0.2) is 50.5 Å². The van der Waals surface area contributed by atoms with Gasteiger partial charge < -0.3 is 9.47 Å². The molecule has 2 aromatic carbocycles. The molecule has 2 aliphatic heterocycles. The molecule has 0 N–H and O–H groups in total. The predicted molar refractivity (Wildman–Crippen MR) is 128 cm³/mol. The number of hydrogen-bond acceptors (Lipinski definition) is 5. The largest absolute Gasteiger partial charge is 0.308 e. The summed E-state index contributed by atoms with van der Waals surface area (Å²) in [6.07, 6.45) is 3.41. The van der Waals surface area contributed by atoms with Crippen LogP contribution in [0.25, 0.3) is 0 Å². The lowest BCUT2D eigenvalue weighted by Crippen LogP contribution is -2.37. The van der Waals surface area contributed by atoms with E-state index < -0.39 is 0 Å². The molecule has 3 heterocycles. The van der Waals surface area contributed by atoms with Gasteiger partial charge in [0.25, 0.3) is 0 Å². The Labute approximate surface area is 193 Å². The molecule has 1 aromatic heterocycles. The number of hydrogen-bond donors (Lipinski definition) is 0. The van der Waals surface area contributed by atoms with E-state index in [4.69, 9.17) is 0 Å². The van der Waals surface area contributed by atoms with Crippen molar-refractivity contribution in [3.63, 3.8) is 0 Å². The lowest BCUT2D eigenvalue weighted by molar-refractivity contribution is -0.116. The molecular weight excluding hydrogens is 418 g/mol. The van der Waals surface area contributed by atoms with Crippen LogP contribution in [0.1, 0.15) is 36.7 Å². The highest BCUT2D eigenvalue weighted by molar-refractivity contribution is 7.99. The van der Waals surface area contributed by atoms with Crippen LogP contribution in [0.2, 0.25) is 0 Å². The van der Waals surface area contributed by atoms with Gasteiger partial charge in [0, 0.05) is 11.7 Å². The van der Waals surface area contributed by atoms with E-state index in [0.29, 0.717) is 5.75 Å². The first-order valence-electron chi connectivity index (χ1n) is 11.4. The second kappa shape index (κ2) is 9.46. The van der Waals surface area contributed by atoms with E-state index in [1.807, 2.05) is 29.2 Å².